The van der Waals surface area contributed by atoms with Crippen molar-refractivity contribution >= 4 is 29.3 Å². The van der Waals surface area contributed by atoms with Crippen molar-refractivity contribution in [1.82, 2.24) is 25.1 Å². The van der Waals surface area contributed by atoms with Crippen LogP contribution in [0.2, 0.25) is 5.28 Å². The van der Waals surface area contributed by atoms with Crippen LogP contribution >= 0.6 is 23.4 Å². The summed E-state index contributed by atoms with van der Waals surface area (Å²) >= 11 is 7.11. The van der Waals surface area contributed by atoms with Crippen LogP contribution < -0.4 is 4.90 Å². The van der Waals surface area contributed by atoms with E-state index in [9.17, 15) is 0 Å². The molecule has 2 aromatic heterocycles. The molecule has 9 heteroatoms. The number of aromatic nitrogens is 5. The summed E-state index contributed by atoms with van der Waals surface area (Å²) in [6.07, 6.45) is 2.29. The van der Waals surface area contributed by atoms with Crippen LogP contribution in [0.4, 0.5) is 5.95 Å². The summed E-state index contributed by atoms with van der Waals surface area (Å²) in [7, 11) is 0. The minimum absolute atomic E-state index is 0.177. The van der Waals surface area contributed by atoms with Gasteiger partial charge in [-0.25, -0.2) is 0 Å². The SMILES string of the molecule is Cc1nnc(Sc2nc(Cl)nc(N3CCCC3)n2)o1. The number of hydrogen-bond donors (Lipinski definition) is 0. The molecule has 1 saturated heterocycles. The van der Waals surface area contributed by atoms with Gasteiger partial charge in [-0.05, 0) is 24.4 Å². The van der Waals surface area contributed by atoms with Crippen LogP contribution in [0.15, 0.2) is 14.8 Å². The first-order valence-corrected chi connectivity index (χ1v) is 7.04. The van der Waals surface area contributed by atoms with Crippen LogP contribution in [0.3, 0.4) is 0 Å². The molecule has 0 spiro atoms. The van der Waals surface area contributed by atoms with E-state index in [1.54, 1.807) is 6.92 Å². The molecule has 0 amide bonds. The molecule has 0 aromatic carbocycles. The van der Waals surface area contributed by atoms with Gasteiger partial charge in [-0.1, -0.05) is 0 Å². The third kappa shape index (κ3) is 2.95. The largest absolute Gasteiger partial charge is 0.416 e. The smallest absolute Gasteiger partial charge is 0.284 e. The third-order valence-corrected chi connectivity index (χ3v) is 3.52. The fourth-order valence-corrected chi connectivity index (χ4v) is 2.69. The number of aryl methyl sites for hydroxylation is 1. The molecule has 1 aliphatic heterocycles. The van der Waals surface area contributed by atoms with E-state index in [2.05, 4.69) is 30.0 Å². The highest BCUT2D eigenvalue weighted by atomic mass is 35.5. The molecule has 0 radical (unpaired) electrons. The quantitative estimate of drug-likeness (QED) is 0.850. The Balaban J connectivity index is 1.84. The van der Waals surface area contributed by atoms with Crippen LogP contribution in [-0.4, -0.2) is 38.2 Å². The Labute approximate surface area is 118 Å². The van der Waals surface area contributed by atoms with Crippen molar-refractivity contribution in [3.05, 3.63) is 11.2 Å². The van der Waals surface area contributed by atoms with E-state index in [0.29, 0.717) is 22.2 Å². The second-order valence-electron chi connectivity index (χ2n) is 4.07. The van der Waals surface area contributed by atoms with E-state index in [-0.39, 0.29) is 5.28 Å². The van der Waals surface area contributed by atoms with E-state index in [4.69, 9.17) is 16.0 Å². The summed E-state index contributed by atoms with van der Waals surface area (Å²) < 4.78 is 5.28. The predicted octanol–water partition coefficient (Wildman–Crippen LogP) is 1.97. The highest BCUT2D eigenvalue weighted by molar-refractivity contribution is 7.98. The van der Waals surface area contributed by atoms with Gasteiger partial charge >= 0.3 is 0 Å². The normalized spacial score (nSPS) is 15.2. The van der Waals surface area contributed by atoms with E-state index in [1.807, 2.05) is 0 Å². The number of halogens is 1. The van der Waals surface area contributed by atoms with Gasteiger partial charge in [0, 0.05) is 31.8 Å². The van der Waals surface area contributed by atoms with E-state index in [0.717, 1.165) is 25.9 Å². The standard InChI is InChI=1S/C10H11ClN6OS/c1-6-15-16-10(18-6)19-9-13-7(11)12-8(14-9)17-4-2-3-5-17/h2-5H2,1H3. The van der Waals surface area contributed by atoms with E-state index >= 15 is 0 Å². The maximum atomic E-state index is 5.93. The van der Waals surface area contributed by atoms with E-state index < -0.39 is 0 Å². The molecule has 0 aliphatic carbocycles. The topological polar surface area (TPSA) is 80.8 Å². The Morgan fingerprint density at radius 1 is 1.16 bits per heavy atom. The van der Waals surface area contributed by atoms with Crippen molar-refractivity contribution in [2.45, 2.75) is 30.1 Å². The Morgan fingerprint density at radius 3 is 2.63 bits per heavy atom. The Morgan fingerprint density at radius 2 is 1.95 bits per heavy atom. The average molecular weight is 299 g/mol. The zero-order chi connectivity index (χ0) is 13.2. The van der Waals surface area contributed by atoms with Gasteiger partial charge in [-0.2, -0.15) is 15.0 Å². The number of rotatable bonds is 3. The summed E-state index contributed by atoms with van der Waals surface area (Å²) in [5, 5.41) is 8.68. The molecule has 2 aromatic rings. The molecular weight excluding hydrogens is 288 g/mol. The van der Waals surface area contributed by atoms with Crippen LogP contribution in [0.5, 0.6) is 0 Å². The fraction of sp³-hybridized carbons (Fsp3) is 0.500. The maximum Gasteiger partial charge on any atom is 0.284 e. The van der Waals surface area contributed by atoms with Crippen molar-refractivity contribution in [3.63, 3.8) is 0 Å². The average Bonchev–Trinajstić information content (AvgIpc) is 3.00. The lowest BCUT2D eigenvalue weighted by atomic mass is 10.4. The number of nitrogens with zero attached hydrogens (tertiary/aromatic N) is 6. The molecule has 0 unspecified atom stereocenters. The lowest BCUT2D eigenvalue weighted by molar-refractivity contribution is 0.429. The lowest BCUT2D eigenvalue weighted by Crippen LogP contribution is -2.21. The molecule has 19 heavy (non-hydrogen) atoms. The van der Waals surface area contributed by atoms with Gasteiger partial charge in [0.1, 0.15) is 0 Å². The van der Waals surface area contributed by atoms with Gasteiger partial charge in [0.25, 0.3) is 5.22 Å². The summed E-state index contributed by atoms with van der Waals surface area (Å²) in [6, 6.07) is 0. The molecule has 0 atom stereocenters. The lowest BCUT2D eigenvalue weighted by Gasteiger charge is -2.14. The van der Waals surface area contributed by atoms with Gasteiger partial charge in [0.2, 0.25) is 22.3 Å². The molecule has 3 rings (SSSR count). The summed E-state index contributed by atoms with van der Waals surface area (Å²) in [5.41, 5.74) is 0. The molecule has 0 bridgehead atoms. The first kappa shape index (κ1) is 12.6. The molecule has 3 heterocycles. The zero-order valence-electron chi connectivity index (χ0n) is 10.2. The van der Waals surface area contributed by atoms with Gasteiger partial charge in [0.05, 0.1) is 0 Å². The Bertz CT molecular complexity index is 585. The summed E-state index contributed by atoms with van der Waals surface area (Å²) in [6.45, 7) is 3.63. The number of anilines is 1. The van der Waals surface area contributed by atoms with Crippen LogP contribution in [-0.2, 0) is 0 Å². The molecule has 0 saturated carbocycles. The minimum atomic E-state index is 0.177. The Hall–Kier alpha value is -1.41. The molecular formula is C10H11ClN6OS. The monoisotopic (exact) mass is 298 g/mol. The van der Waals surface area contributed by atoms with Crippen molar-refractivity contribution in [2.75, 3.05) is 18.0 Å². The van der Waals surface area contributed by atoms with Gasteiger partial charge in [-0.3, -0.25) is 0 Å². The molecule has 100 valence electrons. The molecule has 1 fully saturated rings. The Kier molecular flexibility index (Phi) is 3.52. The predicted molar refractivity (Wildman–Crippen MR) is 69.4 cm³/mol. The van der Waals surface area contributed by atoms with Crippen LogP contribution in [0, 0.1) is 6.92 Å². The highest BCUT2D eigenvalue weighted by Gasteiger charge is 2.18. The van der Waals surface area contributed by atoms with Gasteiger partial charge < -0.3 is 9.32 Å². The van der Waals surface area contributed by atoms with Crippen molar-refractivity contribution in [3.8, 4) is 0 Å². The van der Waals surface area contributed by atoms with Gasteiger partial charge in [-0.15, -0.1) is 10.2 Å². The maximum absolute atomic E-state index is 5.93. The second kappa shape index (κ2) is 5.30. The number of hydrogen-bond acceptors (Lipinski definition) is 8. The van der Waals surface area contributed by atoms with Crippen LogP contribution in [0.25, 0.3) is 0 Å². The fourth-order valence-electron chi connectivity index (χ4n) is 1.82. The van der Waals surface area contributed by atoms with Crippen molar-refractivity contribution in [1.29, 1.82) is 0 Å². The molecule has 1 aliphatic rings. The third-order valence-electron chi connectivity index (χ3n) is 2.65. The summed E-state index contributed by atoms with van der Waals surface area (Å²) in [5.74, 6) is 1.11. The second-order valence-corrected chi connectivity index (χ2v) is 5.33. The summed E-state index contributed by atoms with van der Waals surface area (Å²) in [4.78, 5) is 14.7. The highest BCUT2D eigenvalue weighted by Crippen LogP contribution is 2.26. The zero-order valence-corrected chi connectivity index (χ0v) is 11.8. The first-order chi connectivity index (χ1) is 9.20. The van der Waals surface area contributed by atoms with Crippen LogP contribution in [0.1, 0.15) is 18.7 Å². The van der Waals surface area contributed by atoms with Crippen molar-refractivity contribution in [2.24, 2.45) is 0 Å². The first-order valence-electron chi connectivity index (χ1n) is 5.85. The van der Waals surface area contributed by atoms with Gasteiger partial charge in [0.15, 0.2) is 0 Å². The molecule has 7 nitrogen and oxygen atoms in total. The molecule has 0 N–H and O–H groups in total. The minimum Gasteiger partial charge on any atom is -0.416 e. The van der Waals surface area contributed by atoms with Crippen molar-refractivity contribution < 1.29 is 4.42 Å². The van der Waals surface area contributed by atoms with E-state index in [1.165, 1.54) is 11.8 Å².